The Bertz CT molecular complexity index is 354. The van der Waals surface area contributed by atoms with Crippen LogP contribution in [0.25, 0.3) is 0 Å². The van der Waals surface area contributed by atoms with E-state index in [2.05, 4.69) is 26.2 Å². The third-order valence-electron chi connectivity index (χ3n) is 2.14. The van der Waals surface area contributed by atoms with Gasteiger partial charge < -0.3 is 5.32 Å². The first kappa shape index (κ1) is 13.5. The number of hydrogen-bond donors (Lipinski definition) is 1. The molecule has 0 aliphatic heterocycles. The third-order valence-corrected chi connectivity index (χ3v) is 3.27. The van der Waals surface area contributed by atoms with Crippen LogP contribution in [0.15, 0.2) is 22.8 Å². The molecule has 3 nitrogen and oxygen atoms in total. The number of hydrogen-bond acceptors (Lipinski definition) is 2. The first-order valence-corrected chi connectivity index (χ1v) is 6.27. The summed E-state index contributed by atoms with van der Waals surface area (Å²) >= 11 is 9.29. The molecule has 1 atom stereocenters. The molecule has 1 rings (SSSR count). The molecule has 5 heteroatoms. The van der Waals surface area contributed by atoms with E-state index in [4.69, 9.17) is 11.6 Å². The van der Waals surface area contributed by atoms with Gasteiger partial charge in [-0.05, 0) is 34.0 Å². The molecule has 0 aliphatic carbocycles. The number of carbonyl (C=O) groups is 1. The van der Waals surface area contributed by atoms with Crippen LogP contribution in [-0.4, -0.2) is 22.8 Å². The van der Waals surface area contributed by atoms with Gasteiger partial charge in [-0.1, -0.05) is 13.8 Å². The van der Waals surface area contributed by atoms with Gasteiger partial charge in [-0.15, -0.1) is 11.6 Å². The van der Waals surface area contributed by atoms with Crippen molar-refractivity contribution >= 4 is 33.4 Å². The van der Waals surface area contributed by atoms with Crippen molar-refractivity contribution in [3.8, 4) is 0 Å². The lowest BCUT2D eigenvalue weighted by Crippen LogP contribution is -2.32. The summed E-state index contributed by atoms with van der Waals surface area (Å²) in [5.41, 5.74) is 0.399. The van der Waals surface area contributed by atoms with Crippen molar-refractivity contribution in [1.82, 2.24) is 10.3 Å². The summed E-state index contributed by atoms with van der Waals surface area (Å²) in [6, 6.07) is 3.45. The van der Waals surface area contributed by atoms with E-state index in [0.29, 0.717) is 18.2 Å². The molecule has 0 spiro atoms. The van der Waals surface area contributed by atoms with Gasteiger partial charge in [-0.3, -0.25) is 4.79 Å². The highest BCUT2D eigenvalue weighted by atomic mass is 79.9. The molecular weight excluding hydrogens is 291 g/mol. The number of nitrogens with zero attached hydrogens (tertiary/aromatic N) is 1. The second-order valence-corrected chi connectivity index (χ2v) is 5.31. The molecule has 0 fully saturated rings. The minimum absolute atomic E-state index is 0.0561. The van der Waals surface area contributed by atoms with Gasteiger partial charge in [0.2, 0.25) is 0 Å². The van der Waals surface area contributed by atoms with Crippen LogP contribution in [0, 0.1) is 5.92 Å². The van der Waals surface area contributed by atoms with Gasteiger partial charge in [0.15, 0.2) is 0 Å². The SMILES string of the molecule is CC(C)C(Cl)CNC(=O)c1ccc(Br)cn1. The second-order valence-electron chi connectivity index (χ2n) is 3.83. The summed E-state index contributed by atoms with van der Waals surface area (Å²) in [5, 5.41) is 2.69. The number of alkyl halides is 1. The normalized spacial score (nSPS) is 12.6. The Labute approximate surface area is 109 Å². The molecule has 1 N–H and O–H groups in total. The zero-order chi connectivity index (χ0) is 12.1. The molecule has 0 radical (unpaired) electrons. The maximum absolute atomic E-state index is 11.6. The van der Waals surface area contributed by atoms with Crippen LogP contribution in [-0.2, 0) is 0 Å². The highest BCUT2D eigenvalue weighted by Crippen LogP contribution is 2.09. The number of nitrogens with one attached hydrogen (secondary N) is 1. The Hall–Kier alpha value is -0.610. The van der Waals surface area contributed by atoms with Crippen molar-refractivity contribution in [3.63, 3.8) is 0 Å². The third kappa shape index (κ3) is 4.10. The molecule has 88 valence electrons. The molecule has 0 bridgehead atoms. The molecule has 1 amide bonds. The van der Waals surface area contributed by atoms with Crippen molar-refractivity contribution in [2.45, 2.75) is 19.2 Å². The molecule has 1 aromatic rings. The predicted octanol–water partition coefficient (Wildman–Crippen LogP) is 2.84. The molecule has 0 aliphatic rings. The molecule has 0 saturated heterocycles. The van der Waals surface area contributed by atoms with Crippen LogP contribution in [0.3, 0.4) is 0 Å². The molecular formula is C11H14BrClN2O. The van der Waals surface area contributed by atoms with E-state index in [-0.39, 0.29) is 11.3 Å². The molecule has 16 heavy (non-hydrogen) atoms. The van der Waals surface area contributed by atoms with E-state index < -0.39 is 0 Å². The van der Waals surface area contributed by atoms with Crippen LogP contribution in [0.4, 0.5) is 0 Å². The summed E-state index contributed by atoms with van der Waals surface area (Å²) in [7, 11) is 0. The summed E-state index contributed by atoms with van der Waals surface area (Å²) in [5.74, 6) is 0.138. The number of rotatable bonds is 4. The topological polar surface area (TPSA) is 42.0 Å². The van der Waals surface area contributed by atoms with E-state index in [1.807, 2.05) is 13.8 Å². The van der Waals surface area contributed by atoms with Gasteiger partial charge in [-0.2, -0.15) is 0 Å². The van der Waals surface area contributed by atoms with Crippen LogP contribution in [0.1, 0.15) is 24.3 Å². The summed E-state index contributed by atoms with van der Waals surface area (Å²) in [6.07, 6.45) is 1.59. The standard InChI is InChI=1S/C11H14BrClN2O/c1-7(2)9(13)6-15-11(16)10-4-3-8(12)5-14-10/h3-5,7,9H,6H2,1-2H3,(H,15,16). The van der Waals surface area contributed by atoms with Gasteiger partial charge in [0, 0.05) is 17.2 Å². The van der Waals surface area contributed by atoms with Gasteiger partial charge >= 0.3 is 0 Å². The summed E-state index contributed by atoms with van der Waals surface area (Å²) in [6.45, 7) is 4.49. The zero-order valence-electron chi connectivity index (χ0n) is 9.21. The Morgan fingerprint density at radius 3 is 2.75 bits per heavy atom. The predicted molar refractivity (Wildman–Crippen MR) is 68.7 cm³/mol. The number of halogens is 2. The van der Waals surface area contributed by atoms with E-state index in [9.17, 15) is 4.79 Å². The molecule has 1 aromatic heterocycles. The van der Waals surface area contributed by atoms with Crippen molar-refractivity contribution in [2.24, 2.45) is 5.92 Å². The highest BCUT2D eigenvalue weighted by molar-refractivity contribution is 9.10. The summed E-state index contributed by atoms with van der Waals surface area (Å²) in [4.78, 5) is 15.6. The fourth-order valence-corrected chi connectivity index (χ4v) is 1.34. The fourth-order valence-electron chi connectivity index (χ4n) is 1.03. The Kier molecular flexibility index (Phi) is 5.22. The van der Waals surface area contributed by atoms with E-state index in [0.717, 1.165) is 4.47 Å². The maximum atomic E-state index is 11.6. The first-order chi connectivity index (χ1) is 7.50. The zero-order valence-corrected chi connectivity index (χ0v) is 11.5. The van der Waals surface area contributed by atoms with Crippen LogP contribution < -0.4 is 5.32 Å². The van der Waals surface area contributed by atoms with Gasteiger partial charge in [0.05, 0.1) is 5.38 Å². The Morgan fingerprint density at radius 2 is 2.25 bits per heavy atom. The van der Waals surface area contributed by atoms with Crippen molar-refractivity contribution in [2.75, 3.05) is 6.54 Å². The van der Waals surface area contributed by atoms with Crippen molar-refractivity contribution in [1.29, 1.82) is 0 Å². The lowest BCUT2D eigenvalue weighted by Gasteiger charge is -2.13. The van der Waals surface area contributed by atoms with Crippen molar-refractivity contribution < 1.29 is 4.79 Å². The van der Waals surface area contributed by atoms with Crippen molar-refractivity contribution in [3.05, 3.63) is 28.5 Å². The van der Waals surface area contributed by atoms with Gasteiger partial charge in [0.1, 0.15) is 5.69 Å². The number of carbonyl (C=O) groups excluding carboxylic acids is 1. The Morgan fingerprint density at radius 1 is 1.56 bits per heavy atom. The van der Waals surface area contributed by atoms with E-state index in [1.54, 1.807) is 18.3 Å². The van der Waals surface area contributed by atoms with Gasteiger partial charge in [0.25, 0.3) is 5.91 Å². The van der Waals surface area contributed by atoms with E-state index >= 15 is 0 Å². The van der Waals surface area contributed by atoms with Gasteiger partial charge in [-0.25, -0.2) is 4.98 Å². The lowest BCUT2D eigenvalue weighted by molar-refractivity contribution is 0.0947. The molecule has 0 aromatic carbocycles. The monoisotopic (exact) mass is 304 g/mol. The highest BCUT2D eigenvalue weighted by Gasteiger charge is 2.12. The van der Waals surface area contributed by atoms with Crippen LogP contribution in [0.2, 0.25) is 0 Å². The average Bonchev–Trinajstić information content (AvgIpc) is 2.26. The first-order valence-electron chi connectivity index (χ1n) is 5.04. The number of aromatic nitrogens is 1. The summed E-state index contributed by atoms with van der Waals surface area (Å²) < 4.78 is 0.849. The van der Waals surface area contributed by atoms with Crippen LogP contribution >= 0.6 is 27.5 Å². The largest absolute Gasteiger partial charge is 0.349 e. The average molecular weight is 306 g/mol. The Balaban J connectivity index is 2.50. The number of pyridine rings is 1. The second kappa shape index (κ2) is 6.21. The maximum Gasteiger partial charge on any atom is 0.269 e. The fraction of sp³-hybridized carbons (Fsp3) is 0.455. The molecule has 0 saturated carbocycles. The van der Waals surface area contributed by atoms with Crippen LogP contribution in [0.5, 0.6) is 0 Å². The smallest absolute Gasteiger partial charge is 0.269 e. The minimum Gasteiger partial charge on any atom is -0.349 e. The minimum atomic E-state index is -0.196. The lowest BCUT2D eigenvalue weighted by atomic mass is 10.1. The van der Waals surface area contributed by atoms with E-state index in [1.165, 1.54) is 0 Å². The number of amides is 1. The molecule has 1 unspecified atom stereocenters. The quantitative estimate of drug-likeness (QED) is 0.869. The molecule has 1 heterocycles.